The number of carboxylic acids is 1. The molecule has 0 aromatic heterocycles. The Morgan fingerprint density at radius 2 is 2.25 bits per heavy atom. The molecular weight excluding hydrogens is 254 g/mol. The summed E-state index contributed by atoms with van der Waals surface area (Å²) in [6.07, 6.45) is 3.47. The van der Waals surface area contributed by atoms with E-state index < -0.39 is 5.97 Å². The van der Waals surface area contributed by atoms with Crippen LogP contribution in [0.25, 0.3) is 0 Å². The standard InChI is InChI=1S/C16H23NO3/c1-12-6-7-15(20-2)13(9-12)11-17-8-4-3-5-14(17)10-16(18)19/h6-7,9,14H,3-5,8,10-11H2,1-2H3,(H,18,19). The van der Waals surface area contributed by atoms with Crippen molar-refractivity contribution >= 4 is 5.97 Å². The van der Waals surface area contributed by atoms with Crippen LogP contribution < -0.4 is 4.74 Å². The van der Waals surface area contributed by atoms with Gasteiger partial charge in [-0.05, 0) is 32.4 Å². The van der Waals surface area contributed by atoms with Crippen molar-refractivity contribution in [3.05, 3.63) is 29.3 Å². The zero-order valence-corrected chi connectivity index (χ0v) is 12.3. The third-order valence-corrected chi connectivity index (χ3v) is 3.97. The van der Waals surface area contributed by atoms with Crippen molar-refractivity contribution in [3.63, 3.8) is 0 Å². The molecule has 0 spiro atoms. The summed E-state index contributed by atoms with van der Waals surface area (Å²) >= 11 is 0. The molecule has 1 aromatic carbocycles. The molecule has 4 nitrogen and oxygen atoms in total. The Bertz CT molecular complexity index is 473. The van der Waals surface area contributed by atoms with Crippen LogP contribution in [0.15, 0.2) is 18.2 Å². The fraction of sp³-hybridized carbons (Fsp3) is 0.562. The van der Waals surface area contributed by atoms with Crippen LogP contribution in [0.5, 0.6) is 5.75 Å². The van der Waals surface area contributed by atoms with Crippen molar-refractivity contribution in [2.24, 2.45) is 0 Å². The number of aryl methyl sites for hydroxylation is 1. The van der Waals surface area contributed by atoms with E-state index in [0.717, 1.165) is 43.7 Å². The molecule has 20 heavy (non-hydrogen) atoms. The number of piperidine rings is 1. The van der Waals surface area contributed by atoms with Gasteiger partial charge in [0.05, 0.1) is 13.5 Å². The second-order valence-electron chi connectivity index (χ2n) is 5.53. The van der Waals surface area contributed by atoms with Gasteiger partial charge in [-0.25, -0.2) is 0 Å². The maximum atomic E-state index is 11.0. The van der Waals surface area contributed by atoms with Crippen molar-refractivity contribution in [3.8, 4) is 5.75 Å². The van der Waals surface area contributed by atoms with E-state index in [1.807, 2.05) is 12.1 Å². The van der Waals surface area contributed by atoms with E-state index in [1.54, 1.807) is 7.11 Å². The molecule has 1 unspecified atom stereocenters. The van der Waals surface area contributed by atoms with Gasteiger partial charge in [-0.1, -0.05) is 24.1 Å². The summed E-state index contributed by atoms with van der Waals surface area (Å²) in [5.74, 6) is 0.174. The number of methoxy groups -OCH3 is 1. The fourth-order valence-electron chi connectivity index (χ4n) is 2.95. The van der Waals surface area contributed by atoms with E-state index in [0.29, 0.717) is 0 Å². The van der Waals surface area contributed by atoms with E-state index in [1.165, 1.54) is 5.56 Å². The Morgan fingerprint density at radius 1 is 1.45 bits per heavy atom. The zero-order chi connectivity index (χ0) is 14.5. The molecule has 4 heteroatoms. The zero-order valence-electron chi connectivity index (χ0n) is 12.3. The number of hydrogen-bond donors (Lipinski definition) is 1. The number of likely N-dealkylation sites (tertiary alicyclic amines) is 1. The largest absolute Gasteiger partial charge is 0.496 e. The van der Waals surface area contributed by atoms with Crippen molar-refractivity contribution in [2.75, 3.05) is 13.7 Å². The Kier molecular flexibility index (Phi) is 5.01. The summed E-state index contributed by atoms with van der Waals surface area (Å²) in [4.78, 5) is 13.3. The molecule has 1 N–H and O–H groups in total. The van der Waals surface area contributed by atoms with Crippen molar-refractivity contribution in [1.82, 2.24) is 4.90 Å². The highest BCUT2D eigenvalue weighted by atomic mass is 16.5. The first-order valence-electron chi connectivity index (χ1n) is 7.19. The number of benzene rings is 1. The maximum Gasteiger partial charge on any atom is 0.304 e. The molecule has 110 valence electrons. The molecule has 2 rings (SSSR count). The normalized spacial score (nSPS) is 19.8. The van der Waals surface area contributed by atoms with E-state index in [9.17, 15) is 4.79 Å². The SMILES string of the molecule is COc1ccc(C)cc1CN1CCCCC1CC(=O)O. The monoisotopic (exact) mass is 277 g/mol. The molecule has 1 aliphatic heterocycles. The molecule has 1 saturated heterocycles. The number of hydrogen-bond acceptors (Lipinski definition) is 3. The van der Waals surface area contributed by atoms with Crippen LogP contribution in [0, 0.1) is 6.92 Å². The van der Waals surface area contributed by atoms with Gasteiger partial charge in [0, 0.05) is 18.2 Å². The number of ether oxygens (including phenoxy) is 1. The molecule has 0 aliphatic carbocycles. The lowest BCUT2D eigenvalue weighted by molar-refractivity contribution is -0.138. The molecule has 1 fully saturated rings. The minimum Gasteiger partial charge on any atom is -0.496 e. The number of carbonyl (C=O) groups is 1. The lowest BCUT2D eigenvalue weighted by Gasteiger charge is -2.35. The highest BCUT2D eigenvalue weighted by molar-refractivity contribution is 5.67. The Labute approximate surface area is 120 Å². The molecule has 0 amide bonds. The van der Waals surface area contributed by atoms with Crippen LogP contribution in [0.2, 0.25) is 0 Å². The highest BCUT2D eigenvalue weighted by Crippen LogP contribution is 2.26. The summed E-state index contributed by atoms with van der Waals surface area (Å²) in [5.41, 5.74) is 2.34. The van der Waals surface area contributed by atoms with Crippen LogP contribution in [-0.4, -0.2) is 35.7 Å². The van der Waals surface area contributed by atoms with Gasteiger partial charge in [-0.2, -0.15) is 0 Å². The van der Waals surface area contributed by atoms with Gasteiger partial charge in [0.2, 0.25) is 0 Å². The Hall–Kier alpha value is -1.55. The number of carboxylic acid groups (broad SMARTS) is 1. The quantitative estimate of drug-likeness (QED) is 0.899. The molecule has 0 bridgehead atoms. The molecule has 1 atom stereocenters. The lowest BCUT2D eigenvalue weighted by atomic mass is 9.98. The third-order valence-electron chi connectivity index (χ3n) is 3.97. The fourth-order valence-corrected chi connectivity index (χ4v) is 2.95. The van der Waals surface area contributed by atoms with E-state index in [4.69, 9.17) is 9.84 Å². The molecule has 1 aliphatic rings. The summed E-state index contributed by atoms with van der Waals surface area (Å²) in [7, 11) is 1.68. The van der Waals surface area contributed by atoms with Crippen molar-refractivity contribution < 1.29 is 14.6 Å². The molecule has 0 radical (unpaired) electrons. The van der Waals surface area contributed by atoms with E-state index in [-0.39, 0.29) is 12.5 Å². The molecule has 1 heterocycles. The third kappa shape index (κ3) is 3.73. The topological polar surface area (TPSA) is 49.8 Å². The van der Waals surface area contributed by atoms with Crippen molar-refractivity contribution in [1.29, 1.82) is 0 Å². The summed E-state index contributed by atoms with van der Waals surface area (Å²) in [6.45, 7) is 3.80. The van der Waals surface area contributed by atoms with E-state index in [2.05, 4.69) is 17.9 Å². The average molecular weight is 277 g/mol. The van der Waals surface area contributed by atoms with Gasteiger partial charge in [-0.3, -0.25) is 9.69 Å². The second-order valence-corrected chi connectivity index (χ2v) is 5.53. The minimum absolute atomic E-state index is 0.145. The smallest absolute Gasteiger partial charge is 0.304 e. The van der Waals surface area contributed by atoms with Crippen LogP contribution in [0.4, 0.5) is 0 Å². The van der Waals surface area contributed by atoms with Crippen LogP contribution in [0.3, 0.4) is 0 Å². The summed E-state index contributed by atoms with van der Waals surface area (Å²) in [5, 5.41) is 9.04. The molecule has 1 aromatic rings. The molecular formula is C16H23NO3. The maximum absolute atomic E-state index is 11.0. The highest BCUT2D eigenvalue weighted by Gasteiger charge is 2.25. The second kappa shape index (κ2) is 6.75. The average Bonchev–Trinajstić information content (AvgIpc) is 2.41. The summed E-state index contributed by atoms with van der Waals surface area (Å²) in [6, 6.07) is 6.30. The number of aliphatic carboxylic acids is 1. The van der Waals surface area contributed by atoms with E-state index >= 15 is 0 Å². The lowest BCUT2D eigenvalue weighted by Crippen LogP contribution is -2.40. The number of nitrogens with zero attached hydrogens (tertiary/aromatic N) is 1. The first kappa shape index (κ1) is 14.9. The van der Waals surface area contributed by atoms with Gasteiger partial charge >= 0.3 is 5.97 Å². The van der Waals surface area contributed by atoms with Crippen LogP contribution >= 0.6 is 0 Å². The summed E-state index contributed by atoms with van der Waals surface area (Å²) < 4.78 is 5.42. The first-order chi connectivity index (χ1) is 9.60. The van der Waals surface area contributed by atoms with Crippen LogP contribution in [0.1, 0.15) is 36.8 Å². The van der Waals surface area contributed by atoms with Gasteiger partial charge in [0.1, 0.15) is 5.75 Å². The van der Waals surface area contributed by atoms with Gasteiger partial charge in [0.15, 0.2) is 0 Å². The van der Waals surface area contributed by atoms with Gasteiger partial charge < -0.3 is 9.84 Å². The minimum atomic E-state index is -0.710. The number of rotatable bonds is 5. The van der Waals surface area contributed by atoms with Gasteiger partial charge in [0.25, 0.3) is 0 Å². The Balaban J connectivity index is 2.13. The predicted molar refractivity (Wildman–Crippen MR) is 78.0 cm³/mol. The first-order valence-corrected chi connectivity index (χ1v) is 7.19. The van der Waals surface area contributed by atoms with Crippen LogP contribution in [-0.2, 0) is 11.3 Å². The molecule has 0 saturated carbocycles. The Morgan fingerprint density at radius 3 is 2.95 bits per heavy atom. The van der Waals surface area contributed by atoms with Gasteiger partial charge in [-0.15, -0.1) is 0 Å². The predicted octanol–water partition coefficient (Wildman–Crippen LogP) is 2.83. The van der Waals surface area contributed by atoms with Crippen molar-refractivity contribution in [2.45, 2.75) is 45.2 Å².